The van der Waals surface area contributed by atoms with E-state index in [1.54, 1.807) is 31.3 Å². The molecule has 2 rings (SSSR count). The van der Waals surface area contributed by atoms with Gasteiger partial charge in [-0.1, -0.05) is 25.1 Å². The van der Waals surface area contributed by atoms with E-state index < -0.39 is 11.9 Å². The van der Waals surface area contributed by atoms with Crippen LogP contribution in [-0.4, -0.2) is 21.8 Å². The van der Waals surface area contributed by atoms with Crippen LogP contribution in [0.3, 0.4) is 0 Å². The fourth-order valence-electron chi connectivity index (χ4n) is 1.92. The van der Waals surface area contributed by atoms with Gasteiger partial charge in [0.2, 0.25) is 0 Å². The van der Waals surface area contributed by atoms with Gasteiger partial charge in [-0.2, -0.15) is 0 Å². The van der Waals surface area contributed by atoms with Gasteiger partial charge in [-0.3, -0.25) is 14.6 Å². The first kappa shape index (κ1) is 12.2. The number of Topliss-reactive ketones (excluding diaryl/α,β-unsaturated/α-hetero) is 1. The fourth-order valence-corrected chi connectivity index (χ4v) is 1.92. The minimum absolute atomic E-state index is 0.165. The second kappa shape index (κ2) is 4.96. The zero-order chi connectivity index (χ0) is 13.1. The van der Waals surface area contributed by atoms with Gasteiger partial charge >= 0.3 is 5.97 Å². The number of aromatic nitrogens is 1. The number of hydrogen-bond donors (Lipinski definition) is 1. The number of ketones is 1. The van der Waals surface area contributed by atoms with Crippen LogP contribution >= 0.6 is 0 Å². The summed E-state index contributed by atoms with van der Waals surface area (Å²) in [5, 5.41) is 9.61. The molecule has 4 nitrogen and oxygen atoms in total. The summed E-state index contributed by atoms with van der Waals surface area (Å²) >= 11 is 0. The number of rotatable bonds is 4. The van der Waals surface area contributed by atoms with Gasteiger partial charge in [-0.15, -0.1) is 0 Å². The number of carboxylic acid groups (broad SMARTS) is 1. The average molecular weight is 243 g/mol. The lowest BCUT2D eigenvalue weighted by atomic mass is 9.95. The summed E-state index contributed by atoms with van der Waals surface area (Å²) in [6, 6.07) is 9.03. The summed E-state index contributed by atoms with van der Waals surface area (Å²) in [5.74, 6) is -1.69. The zero-order valence-corrected chi connectivity index (χ0v) is 9.96. The molecule has 0 amide bonds. The smallest absolute Gasteiger partial charge is 0.304 e. The molecule has 1 unspecified atom stereocenters. The van der Waals surface area contributed by atoms with E-state index in [2.05, 4.69) is 4.98 Å². The maximum atomic E-state index is 12.2. The molecule has 0 saturated carbocycles. The van der Waals surface area contributed by atoms with E-state index in [4.69, 9.17) is 5.11 Å². The predicted molar refractivity (Wildman–Crippen MR) is 67.5 cm³/mol. The maximum absolute atomic E-state index is 12.2. The molecule has 0 fully saturated rings. The third-order valence-electron chi connectivity index (χ3n) is 2.83. The van der Waals surface area contributed by atoms with Crippen molar-refractivity contribution in [2.45, 2.75) is 13.3 Å². The van der Waals surface area contributed by atoms with Crippen molar-refractivity contribution < 1.29 is 14.7 Å². The van der Waals surface area contributed by atoms with Crippen molar-refractivity contribution in [3.8, 4) is 0 Å². The number of para-hydroxylation sites is 1. The summed E-state index contributed by atoms with van der Waals surface area (Å²) in [6.07, 6.45) is 1.46. The molecule has 0 aliphatic rings. The van der Waals surface area contributed by atoms with Crippen LogP contribution in [0, 0.1) is 5.92 Å². The Morgan fingerprint density at radius 3 is 2.72 bits per heavy atom. The Labute approximate surface area is 104 Å². The van der Waals surface area contributed by atoms with Crippen LogP contribution in [0.4, 0.5) is 0 Å². The molecule has 1 aromatic carbocycles. The third kappa shape index (κ3) is 2.37. The number of aliphatic carboxylic acids is 1. The highest BCUT2D eigenvalue weighted by Gasteiger charge is 2.20. The molecule has 1 aromatic heterocycles. The van der Waals surface area contributed by atoms with Crippen LogP contribution < -0.4 is 0 Å². The van der Waals surface area contributed by atoms with Crippen LogP contribution in [0.5, 0.6) is 0 Å². The molecule has 1 atom stereocenters. The zero-order valence-electron chi connectivity index (χ0n) is 9.96. The molecule has 0 spiro atoms. The molecule has 0 aliphatic heterocycles. The lowest BCUT2D eigenvalue weighted by Gasteiger charge is -2.09. The molecular formula is C14H13NO3. The van der Waals surface area contributed by atoms with Crippen LogP contribution in [0.15, 0.2) is 36.5 Å². The Morgan fingerprint density at radius 1 is 1.28 bits per heavy atom. The van der Waals surface area contributed by atoms with Crippen molar-refractivity contribution in [1.29, 1.82) is 0 Å². The van der Waals surface area contributed by atoms with E-state index in [-0.39, 0.29) is 12.2 Å². The minimum atomic E-state index is -0.968. The normalized spacial score (nSPS) is 12.3. The fraction of sp³-hybridized carbons (Fsp3) is 0.214. The summed E-state index contributed by atoms with van der Waals surface area (Å²) in [5.41, 5.74) is 1.11. The Hall–Kier alpha value is -2.23. The van der Waals surface area contributed by atoms with Gasteiger partial charge in [0.25, 0.3) is 0 Å². The summed E-state index contributed by atoms with van der Waals surface area (Å²) in [7, 11) is 0. The number of fused-ring (bicyclic) bond motifs is 1. The van der Waals surface area contributed by atoms with Crippen molar-refractivity contribution in [2.24, 2.45) is 5.92 Å². The molecule has 2 aromatic rings. The van der Waals surface area contributed by atoms with Crippen molar-refractivity contribution in [2.75, 3.05) is 0 Å². The molecule has 1 N–H and O–H groups in total. The Bertz CT molecular complexity index is 602. The van der Waals surface area contributed by atoms with Gasteiger partial charge in [0, 0.05) is 23.1 Å². The average Bonchev–Trinajstić information content (AvgIpc) is 2.36. The number of hydrogen-bond acceptors (Lipinski definition) is 3. The van der Waals surface area contributed by atoms with Crippen LogP contribution in [0.2, 0.25) is 0 Å². The predicted octanol–water partition coefficient (Wildman–Crippen LogP) is 2.53. The molecule has 0 radical (unpaired) electrons. The van der Waals surface area contributed by atoms with Crippen LogP contribution in [0.1, 0.15) is 23.7 Å². The molecular weight excluding hydrogens is 230 g/mol. The maximum Gasteiger partial charge on any atom is 0.304 e. The van der Waals surface area contributed by atoms with E-state index in [1.807, 2.05) is 12.1 Å². The molecule has 4 heteroatoms. The van der Waals surface area contributed by atoms with Gasteiger partial charge in [0.05, 0.1) is 11.9 Å². The van der Waals surface area contributed by atoms with Crippen molar-refractivity contribution in [1.82, 2.24) is 4.98 Å². The molecule has 18 heavy (non-hydrogen) atoms. The minimum Gasteiger partial charge on any atom is -0.481 e. The lowest BCUT2D eigenvalue weighted by Crippen LogP contribution is -2.16. The molecule has 0 aliphatic carbocycles. The third-order valence-corrected chi connectivity index (χ3v) is 2.83. The van der Waals surface area contributed by atoms with E-state index in [1.165, 1.54) is 0 Å². The summed E-state index contributed by atoms with van der Waals surface area (Å²) in [4.78, 5) is 27.0. The number of pyridine rings is 1. The van der Waals surface area contributed by atoms with E-state index >= 15 is 0 Å². The first-order chi connectivity index (χ1) is 8.59. The molecule has 0 saturated heterocycles. The highest BCUT2D eigenvalue weighted by molar-refractivity contribution is 6.08. The Kier molecular flexibility index (Phi) is 3.37. The second-order valence-electron chi connectivity index (χ2n) is 4.24. The molecule has 1 heterocycles. The van der Waals surface area contributed by atoms with Crippen LogP contribution in [-0.2, 0) is 4.79 Å². The number of nitrogens with zero attached hydrogens (tertiary/aromatic N) is 1. The molecule has 92 valence electrons. The Balaban J connectivity index is 2.42. The van der Waals surface area contributed by atoms with Gasteiger partial charge in [-0.25, -0.2) is 0 Å². The van der Waals surface area contributed by atoms with Crippen LogP contribution in [0.25, 0.3) is 10.9 Å². The summed E-state index contributed by atoms with van der Waals surface area (Å²) < 4.78 is 0. The quantitative estimate of drug-likeness (QED) is 0.838. The second-order valence-corrected chi connectivity index (χ2v) is 4.24. The highest BCUT2D eigenvalue weighted by atomic mass is 16.4. The number of carbonyl (C=O) groups excluding carboxylic acids is 1. The highest BCUT2D eigenvalue weighted by Crippen LogP contribution is 2.20. The standard InChI is InChI=1S/C14H13NO3/c1-9(8-12(16)17)14(18)11-6-2-4-10-5-3-7-15-13(10)11/h2-7,9H,8H2,1H3,(H,16,17). The summed E-state index contributed by atoms with van der Waals surface area (Å²) in [6.45, 7) is 1.62. The number of benzene rings is 1. The molecule has 0 bridgehead atoms. The van der Waals surface area contributed by atoms with Crippen molar-refractivity contribution in [3.05, 3.63) is 42.1 Å². The monoisotopic (exact) mass is 243 g/mol. The number of carboxylic acids is 1. The largest absolute Gasteiger partial charge is 0.481 e. The number of carbonyl (C=O) groups is 2. The van der Waals surface area contributed by atoms with Gasteiger partial charge < -0.3 is 5.11 Å². The Morgan fingerprint density at radius 2 is 2.00 bits per heavy atom. The van der Waals surface area contributed by atoms with Crippen molar-refractivity contribution in [3.63, 3.8) is 0 Å². The van der Waals surface area contributed by atoms with E-state index in [9.17, 15) is 9.59 Å². The van der Waals surface area contributed by atoms with E-state index in [0.717, 1.165) is 5.39 Å². The topological polar surface area (TPSA) is 67.3 Å². The van der Waals surface area contributed by atoms with Gasteiger partial charge in [0.15, 0.2) is 5.78 Å². The first-order valence-corrected chi connectivity index (χ1v) is 5.69. The lowest BCUT2D eigenvalue weighted by molar-refractivity contribution is -0.137. The SMILES string of the molecule is CC(CC(=O)O)C(=O)c1cccc2cccnc12. The van der Waals surface area contributed by atoms with Gasteiger partial charge in [-0.05, 0) is 12.1 Å². The van der Waals surface area contributed by atoms with Crippen molar-refractivity contribution >= 4 is 22.7 Å². The van der Waals surface area contributed by atoms with Gasteiger partial charge in [0.1, 0.15) is 0 Å². The van der Waals surface area contributed by atoms with E-state index in [0.29, 0.717) is 11.1 Å². The first-order valence-electron chi connectivity index (χ1n) is 5.69.